The van der Waals surface area contributed by atoms with Crippen LogP contribution in [-0.2, 0) is 33.2 Å². The van der Waals surface area contributed by atoms with E-state index in [2.05, 4.69) is 12.6 Å². The van der Waals surface area contributed by atoms with Gasteiger partial charge in [0.2, 0.25) is 0 Å². The SMILES string of the molecule is CCCC1(O[C@H]2OC(CO)[C@@H](O)C(O)C2O[C@@H]2OC(CO)[C@@H](O)C(OC(C)CC)C2O)C(O)[C@H](O)C(CO)O[C@@H]1OCCCCCS. The third-order valence-corrected chi connectivity index (χ3v) is 9.35. The monoisotopic (exact) mass is 704 g/mol. The van der Waals surface area contributed by atoms with E-state index in [0.717, 1.165) is 12.8 Å². The van der Waals surface area contributed by atoms with E-state index >= 15 is 0 Å². The lowest BCUT2D eigenvalue weighted by Gasteiger charge is -2.54. The van der Waals surface area contributed by atoms with Crippen LogP contribution in [0.1, 0.15) is 59.3 Å². The Bertz CT molecular complexity index is 893. The topological polar surface area (TPSA) is 247 Å². The molecule has 0 aromatic rings. The molecule has 3 aliphatic heterocycles. The number of hydrogen-bond donors (Lipinski definition) is 10. The summed E-state index contributed by atoms with van der Waals surface area (Å²) in [5.41, 5.74) is -1.89. The molecule has 3 rings (SSSR count). The molecule has 17 heteroatoms. The Balaban J connectivity index is 1.98. The standard InChI is InChI=1S/C30H56O16S/c1-4-9-30(26(39)21(36)18(14-33)44-29(30)40-10-7-6-8-11-47)46-28-25(22(37)19(34)16(12-31)43-28)45-27-23(38)24(41-15(3)5-2)20(35)17(13-32)42-27/h15-29,31-39,47H,4-14H2,1-3H3/t15?,16?,17?,18?,19-,20-,21-,22?,23?,24?,25?,26?,27+,28-,29+,30?/m1/s1. The summed E-state index contributed by atoms with van der Waals surface area (Å²) < 4.78 is 41.7. The van der Waals surface area contributed by atoms with Gasteiger partial charge >= 0.3 is 0 Å². The van der Waals surface area contributed by atoms with E-state index in [1.807, 2.05) is 6.92 Å². The maximum Gasteiger partial charge on any atom is 0.189 e. The van der Waals surface area contributed by atoms with Gasteiger partial charge in [-0.2, -0.15) is 12.6 Å². The van der Waals surface area contributed by atoms with Crippen molar-refractivity contribution in [2.75, 3.05) is 32.2 Å². The van der Waals surface area contributed by atoms with Crippen LogP contribution in [0.15, 0.2) is 0 Å². The summed E-state index contributed by atoms with van der Waals surface area (Å²) in [4.78, 5) is 0. The van der Waals surface area contributed by atoms with E-state index in [4.69, 9.17) is 33.2 Å². The van der Waals surface area contributed by atoms with Crippen LogP contribution in [0, 0.1) is 0 Å². The van der Waals surface area contributed by atoms with Crippen molar-refractivity contribution in [3.8, 4) is 0 Å². The molecule has 0 aromatic carbocycles. The Labute approximate surface area is 280 Å². The van der Waals surface area contributed by atoms with Gasteiger partial charge in [-0.3, -0.25) is 0 Å². The zero-order valence-corrected chi connectivity index (χ0v) is 28.2. The molecule has 0 aliphatic carbocycles. The Morgan fingerprint density at radius 1 is 0.723 bits per heavy atom. The van der Waals surface area contributed by atoms with Crippen LogP contribution < -0.4 is 0 Å². The Hall–Kier alpha value is -0.290. The zero-order valence-electron chi connectivity index (χ0n) is 27.3. The fraction of sp³-hybridized carbons (Fsp3) is 1.00. The minimum atomic E-state index is -1.89. The summed E-state index contributed by atoms with van der Waals surface area (Å²) in [6.45, 7) is 3.44. The number of aliphatic hydroxyl groups excluding tert-OH is 9. The molecule has 0 saturated carbocycles. The van der Waals surface area contributed by atoms with Crippen LogP contribution in [0.2, 0.25) is 0 Å². The summed E-state index contributed by atoms with van der Waals surface area (Å²) in [6, 6.07) is 0. The first kappa shape index (κ1) is 41.1. The lowest BCUT2D eigenvalue weighted by atomic mass is 9.82. The maximum atomic E-state index is 11.5. The van der Waals surface area contributed by atoms with E-state index in [1.54, 1.807) is 13.8 Å². The molecule has 47 heavy (non-hydrogen) atoms. The molecule has 16 atom stereocenters. The Kier molecular flexibility index (Phi) is 16.9. The minimum absolute atomic E-state index is 0.00581. The van der Waals surface area contributed by atoms with Gasteiger partial charge in [-0.25, -0.2) is 0 Å². The van der Waals surface area contributed by atoms with Crippen LogP contribution in [0.3, 0.4) is 0 Å². The number of ether oxygens (including phenoxy) is 7. The van der Waals surface area contributed by atoms with Crippen LogP contribution in [0.25, 0.3) is 0 Å². The third-order valence-electron chi connectivity index (χ3n) is 9.03. The van der Waals surface area contributed by atoms with Crippen LogP contribution in [0.4, 0.5) is 0 Å². The van der Waals surface area contributed by atoms with Crippen molar-refractivity contribution in [1.82, 2.24) is 0 Å². The first-order valence-corrected chi connectivity index (χ1v) is 17.2. The largest absolute Gasteiger partial charge is 0.394 e. The quantitative estimate of drug-likeness (QED) is 0.0525. The molecule has 16 nitrogen and oxygen atoms in total. The number of hydrogen-bond acceptors (Lipinski definition) is 17. The number of unbranched alkanes of at least 4 members (excludes halogenated alkanes) is 2. The predicted molar refractivity (Wildman–Crippen MR) is 165 cm³/mol. The van der Waals surface area contributed by atoms with Gasteiger partial charge in [-0.1, -0.05) is 26.7 Å². The normalized spacial score (nSPS) is 43.6. The molecule has 0 spiro atoms. The Morgan fingerprint density at radius 2 is 1.34 bits per heavy atom. The molecule has 10 unspecified atom stereocenters. The minimum Gasteiger partial charge on any atom is -0.394 e. The number of aliphatic hydroxyl groups is 9. The molecule has 0 aromatic heterocycles. The second-order valence-corrected chi connectivity index (χ2v) is 12.9. The van der Waals surface area contributed by atoms with Crippen molar-refractivity contribution in [3.05, 3.63) is 0 Å². The fourth-order valence-corrected chi connectivity index (χ4v) is 6.32. The molecular formula is C30H56O16S. The molecule has 0 bridgehead atoms. The van der Waals surface area contributed by atoms with Crippen molar-refractivity contribution in [3.63, 3.8) is 0 Å². The maximum absolute atomic E-state index is 11.5. The number of rotatable bonds is 18. The van der Waals surface area contributed by atoms with E-state index in [0.29, 0.717) is 25.0 Å². The average Bonchev–Trinajstić information content (AvgIpc) is 3.06. The summed E-state index contributed by atoms with van der Waals surface area (Å²) in [6.07, 6.45) is -18.9. The highest BCUT2D eigenvalue weighted by Gasteiger charge is 2.60. The highest BCUT2D eigenvalue weighted by molar-refractivity contribution is 7.80. The highest BCUT2D eigenvalue weighted by Crippen LogP contribution is 2.41. The van der Waals surface area contributed by atoms with Crippen molar-refractivity contribution in [2.24, 2.45) is 0 Å². The zero-order chi connectivity index (χ0) is 34.9. The van der Waals surface area contributed by atoms with Gasteiger partial charge in [-0.15, -0.1) is 0 Å². The van der Waals surface area contributed by atoms with Crippen molar-refractivity contribution >= 4 is 12.6 Å². The molecule has 3 saturated heterocycles. The van der Waals surface area contributed by atoms with Gasteiger partial charge in [0.05, 0.1) is 25.9 Å². The second kappa shape index (κ2) is 19.4. The molecule has 278 valence electrons. The molecule has 0 radical (unpaired) electrons. The predicted octanol–water partition coefficient (Wildman–Crippen LogP) is -2.46. The lowest BCUT2D eigenvalue weighted by Crippen LogP contribution is -2.71. The van der Waals surface area contributed by atoms with Crippen LogP contribution in [-0.4, -0.2) is 176 Å². The van der Waals surface area contributed by atoms with Gasteiger partial charge in [-0.05, 0) is 38.4 Å². The summed E-state index contributed by atoms with van der Waals surface area (Å²) in [5, 5.41) is 96.2. The van der Waals surface area contributed by atoms with E-state index in [9.17, 15) is 46.0 Å². The first-order valence-electron chi connectivity index (χ1n) is 16.5. The summed E-state index contributed by atoms with van der Waals surface area (Å²) >= 11 is 4.22. The van der Waals surface area contributed by atoms with Gasteiger partial charge in [0, 0.05) is 6.61 Å². The third kappa shape index (κ3) is 9.53. The van der Waals surface area contributed by atoms with Gasteiger partial charge in [0.25, 0.3) is 0 Å². The molecule has 3 heterocycles. The van der Waals surface area contributed by atoms with Gasteiger partial charge in [0.15, 0.2) is 24.5 Å². The second-order valence-electron chi connectivity index (χ2n) is 12.4. The van der Waals surface area contributed by atoms with Crippen molar-refractivity contribution < 1.29 is 79.1 Å². The van der Waals surface area contributed by atoms with E-state index < -0.39 is 118 Å². The fourth-order valence-electron chi connectivity index (χ4n) is 6.10. The number of thiol groups is 1. The Morgan fingerprint density at radius 3 is 1.94 bits per heavy atom. The van der Waals surface area contributed by atoms with Gasteiger partial charge < -0.3 is 79.1 Å². The average molecular weight is 705 g/mol. The van der Waals surface area contributed by atoms with E-state index in [-0.39, 0.29) is 13.0 Å². The molecule has 9 N–H and O–H groups in total. The highest BCUT2D eigenvalue weighted by atomic mass is 32.1. The van der Waals surface area contributed by atoms with E-state index in [1.165, 1.54) is 0 Å². The molecule has 3 fully saturated rings. The van der Waals surface area contributed by atoms with Crippen molar-refractivity contribution in [1.29, 1.82) is 0 Å². The first-order chi connectivity index (χ1) is 22.4. The van der Waals surface area contributed by atoms with Crippen LogP contribution >= 0.6 is 12.6 Å². The van der Waals surface area contributed by atoms with Crippen LogP contribution in [0.5, 0.6) is 0 Å². The molecule has 0 amide bonds. The summed E-state index contributed by atoms with van der Waals surface area (Å²) in [5.74, 6) is 0.683. The van der Waals surface area contributed by atoms with Gasteiger partial charge in [0.1, 0.15) is 67.1 Å². The molecular weight excluding hydrogens is 648 g/mol. The molecule has 3 aliphatic rings. The van der Waals surface area contributed by atoms with Crippen molar-refractivity contribution in [2.45, 2.75) is 157 Å². The smallest absolute Gasteiger partial charge is 0.189 e. The lowest BCUT2D eigenvalue weighted by molar-refractivity contribution is -0.419. The summed E-state index contributed by atoms with van der Waals surface area (Å²) in [7, 11) is 0.